The lowest BCUT2D eigenvalue weighted by atomic mass is 10.1. The van der Waals surface area contributed by atoms with Crippen molar-refractivity contribution in [3.05, 3.63) is 30.5 Å². The van der Waals surface area contributed by atoms with Gasteiger partial charge in [-0.2, -0.15) is 0 Å². The molecule has 4 nitrogen and oxygen atoms in total. The second-order valence-electron chi connectivity index (χ2n) is 5.40. The molecule has 0 unspecified atom stereocenters. The molecule has 1 N–H and O–H groups in total. The molecule has 2 aromatic rings. The molecule has 0 spiro atoms. The third kappa shape index (κ3) is 3.53. The minimum Gasteiger partial charge on any atom is -0.497 e. The minimum atomic E-state index is 0.0546. The number of amides is 1. The number of aromatic nitrogens is 1. The van der Waals surface area contributed by atoms with Crippen LogP contribution in [0.4, 0.5) is 0 Å². The first-order valence-corrected chi connectivity index (χ1v) is 6.99. The Kier molecular flexibility index (Phi) is 4.66. The SMILES string of the molecule is COc1ccc2c(ccn2CC(=O)NCCC(C)C)c1. The lowest BCUT2D eigenvalue weighted by molar-refractivity contribution is -0.121. The van der Waals surface area contributed by atoms with Crippen LogP contribution in [0.25, 0.3) is 10.9 Å². The summed E-state index contributed by atoms with van der Waals surface area (Å²) in [5.41, 5.74) is 1.05. The Bertz CT molecular complexity index is 587. The zero-order chi connectivity index (χ0) is 14.5. The topological polar surface area (TPSA) is 43.3 Å². The van der Waals surface area contributed by atoms with E-state index in [1.165, 1.54) is 0 Å². The highest BCUT2D eigenvalue weighted by Gasteiger charge is 2.07. The predicted molar refractivity (Wildman–Crippen MR) is 81.0 cm³/mol. The largest absolute Gasteiger partial charge is 0.497 e. The van der Waals surface area contributed by atoms with Crippen LogP contribution in [0.5, 0.6) is 5.75 Å². The molecule has 0 saturated carbocycles. The Hall–Kier alpha value is -1.97. The summed E-state index contributed by atoms with van der Waals surface area (Å²) in [6.07, 6.45) is 2.95. The molecule has 0 aliphatic carbocycles. The van der Waals surface area contributed by atoms with Crippen LogP contribution in [-0.4, -0.2) is 24.1 Å². The van der Waals surface area contributed by atoms with Crippen LogP contribution >= 0.6 is 0 Å². The fourth-order valence-electron chi connectivity index (χ4n) is 2.15. The number of fused-ring (bicyclic) bond motifs is 1. The first kappa shape index (κ1) is 14.4. The van der Waals surface area contributed by atoms with E-state index < -0.39 is 0 Å². The van der Waals surface area contributed by atoms with Crippen molar-refractivity contribution in [3.63, 3.8) is 0 Å². The number of hydrogen-bond donors (Lipinski definition) is 1. The number of nitrogens with one attached hydrogen (secondary N) is 1. The third-order valence-electron chi connectivity index (χ3n) is 3.34. The maximum Gasteiger partial charge on any atom is 0.239 e. The van der Waals surface area contributed by atoms with E-state index in [0.29, 0.717) is 12.5 Å². The van der Waals surface area contributed by atoms with Gasteiger partial charge in [-0.3, -0.25) is 4.79 Å². The van der Waals surface area contributed by atoms with Crippen LogP contribution in [0.15, 0.2) is 30.5 Å². The van der Waals surface area contributed by atoms with Gasteiger partial charge >= 0.3 is 0 Å². The number of benzene rings is 1. The lowest BCUT2D eigenvalue weighted by Gasteiger charge is -2.09. The van der Waals surface area contributed by atoms with E-state index in [-0.39, 0.29) is 5.91 Å². The molecule has 1 amide bonds. The summed E-state index contributed by atoms with van der Waals surface area (Å²) in [6.45, 7) is 5.40. The Morgan fingerprint density at radius 3 is 2.85 bits per heavy atom. The molecule has 20 heavy (non-hydrogen) atoms. The average molecular weight is 274 g/mol. The van der Waals surface area contributed by atoms with E-state index in [1.807, 2.05) is 35.0 Å². The van der Waals surface area contributed by atoms with Crippen LogP contribution in [0.3, 0.4) is 0 Å². The second kappa shape index (κ2) is 6.46. The van der Waals surface area contributed by atoms with Gasteiger partial charge in [0.25, 0.3) is 0 Å². The van der Waals surface area contributed by atoms with E-state index in [0.717, 1.165) is 29.6 Å². The summed E-state index contributed by atoms with van der Waals surface area (Å²) in [4.78, 5) is 11.9. The highest BCUT2D eigenvalue weighted by Crippen LogP contribution is 2.21. The molecule has 2 rings (SSSR count). The van der Waals surface area contributed by atoms with Gasteiger partial charge in [0.2, 0.25) is 5.91 Å². The van der Waals surface area contributed by atoms with Crippen LogP contribution < -0.4 is 10.1 Å². The molecular formula is C16H22N2O2. The van der Waals surface area contributed by atoms with E-state index in [2.05, 4.69) is 19.2 Å². The van der Waals surface area contributed by atoms with Crippen molar-refractivity contribution in [1.29, 1.82) is 0 Å². The van der Waals surface area contributed by atoms with Gasteiger partial charge in [-0.05, 0) is 36.6 Å². The predicted octanol–water partition coefficient (Wildman–Crippen LogP) is 2.81. The van der Waals surface area contributed by atoms with Crippen LogP contribution in [0.1, 0.15) is 20.3 Å². The standard InChI is InChI=1S/C16H22N2O2/c1-12(2)6-8-17-16(19)11-18-9-7-13-10-14(20-3)4-5-15(13)18/h4-5,7,9-10,12H,6,8,11H2,1-3H3,(H,17,19). The fourth-order valence-corrected chi connectivity index (χ4v) is 2.15. The average Bonchev–Trinajstić information content (AvgIpc) is 2.80. The molecule has 0 fully saturated rings. The first-order chi connectivity index (χ1) is 9.60. The summed E-state index contributed by atoms with van der Waals surface area (Å²) < 4.78 is 7.16. The first-order valence-electron chi connectivity index (χ1n) is 6.99. The van der Waals surface area contributed by atoms with Crippen LogP contribution in [0, 0.1) is 5.92 Å². The summed E-state index contributed by atoms with van der Waals surface area (Å²) in [6, 6.07) is 7.87. The second-order valence-corrected chi connectivity index (χ2v) is 5.40. The van der Waals surface area contributed by atoms with E-state index in [9.17, 15) is 4.79 Å². The third-order valence-corrected chi connectivity index (χ3v) is 3.34. The Balaban J connectivity index is 2.01. The molecule has 1 aromatic carbocycles. The number of rotatable bonds is 6. The molecular weight excluding hydrogens is 252 g/mol. The molecule has 0 saturated heterocycles. The molecule has 0 aliphatic heterocycles. The van der Waals surface area contributed by atoms with Crippen molar-refractivity contribution in [2.45, 2.75) is 26.8 Å². The smallest absolute Gasteiger partial charge is 0.239 e. The monoisotopic (exact) mass is 274 g/mol. The zero-order valence-electron chi connectivity index (χ0n) is 12.3. The van der Waals surface area contributed by atoms with Crippen molar-refractivity contribution < 1.29 is 9.53 Å². The minimum absolute atomic E-state index is 0.0546. The summed E-state index contributed by atoms with van der Waals surface area (Å²) in [5, 5.41) is 4.04. The molecule has 108 valence electrons. The summed E-state index contributed by atoms with van der Waals surface area (Å²) in [5.74, 6) is 1.49. The fraction of sp³-hybridized carbons (Fsp3) is 0.438. The van der Waals surface area contributed by atoms with Gasteiger partial charge in [0.05, 0.1) is 7.11 Å². The highest BCUT2D eigenvalue weighted by molar-refractivity contribution is 5.84. The van der Waals surface area contributed by atoms with Gasteiger partial charge in [0, 0.05) is 23.6 Å². The van der Waals surface area contributed by atoms with Crippen molar-refractivity contribution in [2.75, 3.05) is 13.7 Å². The number of nitrogens with zero attached hydrogens (tertiary/aromatic N) is 1. The maximum absolute atomic E-state index is 11.9. The summed E-state index contributed by atoms with van der Waals surface area (Å²) in [7, 11) is 1.65. The number of methoxy groups -OCH3 is 1. The van der Waals surface area contributed by atoms with E-state index in [1.54, 1.807) is 7.11 Å². The number of hydrogen-bond acceptors (Lipinski definition) is 2. The highest BCUT2D eigenvalue weighted by atomic mass is 16.5. The van der Waals surface area contributed by atoms with Gasteiger partial charge in [0.1, 0.15) is 12.3 Å². The van der Waals surface area contributed by atoms with Crippen molar-refractivity contribution in [3.8, 4) is 5.75 Å². The van der Waals surface area contributed by atoms with Crippen molar-refractivity contribution in [2.24, 2.45) is 5.92 Å². The van der Waals surface area contributed by atoms with Gasteiger partial charge in [-0.25, -0.2) is 0 Å². The number of carbonyl (C=O) groups is 1. The van der Waals surface area contributed by atoms with Gasteiger partial charge < -0.3 is 14.6 Å². The quantitative estimate of drug-likeness (QED) is 0.880. The lowest BCUT2D eigenvalue weighted by Crippen LogP contribution is -2.28. The summed E-state index contributed by atoms with van der Waals surface area (Å²) >= 11 is 0. The normalized spacial score (nSPS) is 11.0. The number of ether oxygens (including phenoxy) is 1. The van der Waals surface area contributed by atoms with E-state index >= 15 is 0 Å². The van der Waals surface area contributed by atoms with Crippen LogP contribution in [-0.2, 0) is 11.3 Å². The Labute approximate surface area is 119 Å². The molecule has 0 atom stereocenters. The van der Waals surface area contributed by atoms with Gasteiger partial charge in [0.15, 0.2) is 0 Å². The van der Waals surface area contributed by atoms with Crippen LogP contribution in [0.2, 0.25) is 0 Å². The number of carbonyl (C=O) groups excluding carboxylic acids is 1. The maximum atomic E-state index is 11.9. The molecule has 1 heterocycles. The van der Waals surface area contributed by atoms with Gasteiger partial charge in [-0.15, -0.1) is 0 Å². The van der Waals surface area contributed by atoms with Crippen molar-refractivity contribution >= 4 is 16.8 Å². The zero-order valence-corrected chi connectivity index (χ0v) is 12.3. The molecule has 4 heteroatoms. The Morgan fingerprint density at radius 1 is 1.35 bits per heavy atom. The molecule has 0 aliphatic rings. The van der Waals surface area contributed by atoms with Crippen molar-refractivity contribution in [1.82, 2.24) is 9.88 Å². The molecule has 1 aromatic heterocycles. The Morgan fingerprint density at radius 2 is 2.15 bits per heavy atom. The van der Waals surface area contributed by atoms with E-state index in [4.69, 9.17) is 4.74 Å². The molecule has 0 bridgehead atoms. The molecule has 0 radical (unpaired) electrons. The van der Waals surface area contributed by atoms with Gasteiger partial charge in [-0.1, -0.05) is 13.8 Å².